The van der Waals surface area contributed by atoms with E-state index in [0.717, 1.165) is 5.82 Å². The molecule has 0 radical (unpaired) electrons. The van der Waals surface area contributed by atoms with Crippen LogP contribution in [-0.2, 0) is 16.1 Å². The standard InChI is InChI=1S/C14H16N4O2S/c1-9-2-3-11(21-9)8-18-12(4-5-16-18)17-7-10(14(15)20)6-13(17)19/h2-5,10H,6-8H2,1H3,(H2,15,20). The Hall–Kier alpha value is -2.15. The molecule has 0 bridgehead atoms. The van der Waals surface area contributed by atoms with Gasteiger partial charge in [-0.15, -0.1) is 11.3 Å². The molecule has 0 spiro atoms. The Kier molecular flexibility index (Phi) is 3.50. The summed E-state index contributed by atoms with van der Waals surface area (Å²) in [6.45, 7) is 3.01. The van der Waals surface area contributed by atoms with Crippen molar-refractivity contribution in [3.63, 3.8) is 0 Å². The van der Waals surface area contributed by atoms with E-state index in [0.29, 0.717) is 13.1 Å². The number of nitrogens with two attached hydrogens (primary N) is 1. The van der Waals surface area contributed by atoms with Gasteiger partial charge in [0.15, 0.2) is 0 Å². The molecule has 21 heavy (non-hydrogen) atoms. The smallest absolute Gasteiger partial charge is 0.229 e. The van der Waals surface area contributed by atoms with Crippen LogP contribution < -0.4 is 10.6 Å². The van der Waals surface area contributed by atoms with Crippen LogP contribution in [0.25, 0.3) is 0 Å². The number of amides is 2. The summed E-state index contributed by atoms with van der Waals surface area (Å²) in [5, 5.41) is 4.28. The maximum absolute atomic E-state index is 12.1. The molecule has 1 atom stereocenters. The first kappa shape index (κ1) is 13.8. The second-order valence-electron chi connectivity index (χ2n) is 5.17. The molecule has 2 amide bonds. The molecule has 0 saturated carbocycles. The molecule has 1 aliphatic rings. The van der Waals surface area contributed by atoms with Crippen LogP contribution in [0.4, 0.5) is 5.82 Å². The molecule has 3 heterocycles. The van der Waals surface area contributed by atoms with Crippen LogP contribution in [0.5, 0.6) is 0 Å². The summed E-state index contributed by atoms with van der Waals surface area (Å²) in [6.07, 6.45) is 1.85. The number of hydrogen-bond acceptors (Lipinski definition) is 4. The molecule has 0 aromatic carbocycles. The lowest BCUT2D eigenvalue weighted by Gasteiger charge is -2.17. The Morgan fingerprint density at radius 3 is 2.90 bits per heavy atom. The molecule has 110 valence electrons. The van der Waals surface area contributed by atoms with E-state index in [2.05, 4.69) is 24.2 Å². The van der Waals surface area contributed by atoms with Crippen LogP contribution in [0.3, 0.4) is 0 Å². The molecule has 6 nitrogen and oxygen atoms in total. The normalized spacial score (nSPS) is 18.4. The van der Waals surface area contributed by atoms with Gasteiger partial charge in [-0.3, -0.25) is 14.5 Å². The zero-order valence-electron chi connectivity index (χ0n) is 11.7. The average molecular weight is 304 g/mol. The first-order valence-electron chi connectivity index (χ1n) is 6.71. The Morgan fingerprint density at radius 2 is 2.29 bits per heavy atom. The van der Waals surface area contributed by atoms with Crippen molar-refractivity contribution in [3.05, 3.63) is 34.2 Å². The van der Waals surface area contributed by atoms with Crippen LogP contribution in [0.2, 0.25) is 0 Å². The minimum absolute atomic E-state index is 0.0806. The van der Waals surface area contributed by atoms with Gasteiger partial charge in [0.2, 0.25) is 11.8 Å². The van der Waals surface area contributed by atoms with Crippen LogP contribution in [-0.4, -0.2) is 28.1 Å². The zero-order valence-corrected chi connectivity index (χ0v) is 12.5. The Labute approximate surface area is 126 Å². The number of aryl methyl sites for hydroxylation is 1. The number of nitrogens with zero attached hydrogens (tertiary/aromatic N) is 3. The van der Waals surface area contributed by atoms with Gasteiger partial charge in [-0.05, 0) is 19.1 Å². The van der Waals surface area contributed by atoms with Crippen molar-refractivity contribution >= 4 is 29.0 Å². The number of rotatable bonds is 4. The van der Waals surface area contributed by atoms with Crippen molar-refractivity contribution in [1.82, 2.24) is 9.78 Å². The lowest BCUT2D eigenvalue weighted by molar-refractivity contribution is -0.123. The van der Waals surface area contributed by atoms with Crippen molar-refractivity contribution in [1.29, 1.82) is 0 Å². The van der Waals surface area contributed by atoms with Gasteiger partial charge in [0.05, 0.1) is 18.7 Å². The van der Waals surface area contributed by atoms with Crippen LogP contribution in [0, 0.1) is 12.8 Å². The summed E-state index contributed by atoms with van der Waals surface area (Å²) in [6, 6.07) is 5.92. The largest absolute Gasteiger partial charge is 0.369 e. The first-order chi connectivity index (χ1) is 10.0. The van der Waals surface area contributed by atoms with Gasteiger partial charge >= 0.3 is 0 Å². The number of hydrogen-bond donors (Lipinski definition) is 1. The van der Waals surface area contributed by atoms with Crippen LogP contribution >= 0.6 is 11.3 Å². The van der Waals surface area contributed by atoms with E-state index in [1.807, 2.05) is 0 Å². The predicted molar refractivity (Wildman–Crippen MR) is 80.0 cm³/mol. The summed E-state index contributed by atoms with van der Waals surface area (Å²) >= 11 is 1.71. The van der Waals surface area contributed by atoms with Gasteiger partial charge < -0.3 is 5.73 Å². The van der Waals surface area contributed by atoms with Crippen molar-refractivity contribution in [3.8, 4) is 0 Å². The van der Waals surface area contributed by atoms with E-state index in [-0.39, 0.29) is 12.3 Å². The molecule has 7 heteroatoms. The lowest BCUT2D eigenvalue weighted by Crippen LogP contribution is -2.30. The minimum Gasteiger partial charge on any atom is -0.369 e. The summed E-state index contributed by atoms with van der Waals surface area (Å²) in [4.78, 5) is 27.4. The molecular formula is C14H16N4O2S. The van der Waals surface area contributed by atoms with Crippen LogP contribution in [0.1, 0.15) is 16.2 Å². The van der Waals surface area contributed by atoms with Gasteiger partial charge in [-0.2, -0.15) is 5.10 Å². The maximum Gasteiger partial charge on any atom is 0.229 e. The van der Waals surface area contributed by atoms with Gasteiger partial charge in [0.25, 0.3) is 0 Å². The number of primary amides is 1. The monoisotopic (exact) mass is 304 g/mol. The first-order valence-corrected chi connectivity index (χ1v) is 7.53. The Bertz CT molecular complexity index is 691. The van der Waals surface area contributed by atoms with Gasteiger partial charge in [0, 0.05) is 28.8 Å². The van der Waals surface area contributed by atoms with Gasteiger partial charge in [0.1, 0.15) is 5.82 Å². The second kappa shape index (κ2) is 5.33. The van der Waals surface area contributed by atoms with Crippen molar-refractivity contribution in [2.75, 3.05) is 11.4 Å². The number of carbonyl (C=O) groups excluding carboxylic acids is 2. The third-order valence-corrected chi connectivity index (χ3v) is 4.59. The van der Waals surface area contributed by atoms with E-state index >= 15 is 0 Å². The molecular weight excluding hydrogens is 288 g/mol. The highest BCUT2D eigenvalue weighted by Crippen LogP contribution is 2.26. The van der Waals surface area contributed by atoms with Crippen molar-refractivity contribution in [2.24, 2.45) is 11.7 Å². The number of aromatic nitrogens is 2. The van der Waals surface area contributed by atoms with Crippen molar-refractivity contribution < 1.29 is 9.59 Å². The highest BCUT2D eigenvalue weighted by Gasteiger charge is 2.35. The fourth-order valence-corrected chi connectivity index (χ4v) is 3.39. The van der Waals surface area contributed by atoms with Gasteiger partial charge in [-0.1, -0.05) is 0 Å². The molecule has 2 aromatic rings. The SMILES string of the molecule is Cc1ccc(Cn2nccc2N2CC(C(N)=O)CC2=O)s1. The summed E-state index contributed by atoms with van der Waals surface area (Å²) in [5.74, 6) is -0.201. The van der Waals surface area contributed by atoms with E-state index in [1.54, 1.807) is 33.2 Å². The molecule has 0 aliphatic carbocycles. The quantitative estimate of drug-likeness (QED) is 0.919. The molecule has 3 rings (SSSR count). The second-order valence-corrected chi connectivity index (χ2v) is 6.54. The summed E-state index contributed by atoms with van der Waals surface area (Å²) in [5.41, 5.74) is 5.30. The lowest BCUT2D eigenvalue weighted by atomic mass is 10.1. The van der Waals surface area contributed by atoms with Crippen LogP contribution in [0.15, 0.2) is 24.4 Å². The van der Waals surface area contributed by atoms with Gasteiger partial charge in [-0.25, -0.2) is 4.68 Å². The molecule has 1 fully saturated rings. The van der Waals surface area contributed by atoms with E-state index in [4.69, 9.17) is 5.73 Å². The van der Waals surface area contributed by atoms with E-state index in [1.165, 1.54) is 9.75 Å². The average Bonchev–Trinajstić information content (AvgIpc) is 3.11. The molecule has 1 saturated heterocycles. The molecule has 1 aliphatic heterocycles. The molecule has 2 N–H and O–H groups in total. The number of carbonyl (C=O) groups is 2. The zero-order chi connectivity index (χ0) is 15.0. The summed E-state index contributed by atoms with van der Waals surface area (Å²) in [7, 11) is 0. The van der Waals surface area contributed by atoms with E-state index < -0.39 is 11.8 Å². The topological polar surface area (TPSA) is 81.2 Å². The number of anilines is 1. The Balaban J connectivity index is 1.82. The Morgan fingerprint density at radius 1 is 1.48 bits per heavy atom. The molecule has 1 unspecified atom stereocenters. The fraction of sp³-hybridized carbons (Fsp3) is 0.357. The number of thiophene rings is 1. The third kappa shape index (κ3) is 2.69. The fourth-order valence-electron chi connectivity index (χ4n) is 2.51. The summed E-state index contributed by atoms with van der Waals surface area (Å²) < 4.78 is 1.78. The third-order valence-electron chi connectivity index (χ3n) is 3.60. The van der Waals surface area contributed by atoms with E-state index in [9.17, 15) is 9.59 Å². The van der Waals surface area contributed by atoms with Crippen molar-refractivity contribution in [2.45, 2.75) is 19.9 Å². The highest BCUT2D eigenvalue weighted by molar-refractivity contribution is 7.11. The predicted octanol–water partition coefficient (Wildman–Crippen LogP) is 1.14. The maximum atomic E-state index is 12.1. The highest BCUT2D eigenvalue weighted by atomic mass is 32.1. The molecule has 2 aromatic heterocycles. The minimum atomic E-state index is -0.425.